The molecule has 37 heavy (non-hydrogen) atoms. The summed E-state index contributed by atoms with van der Waals surface area (Å²) in [6, 6.07) is 21.1. The fourth-order valence-corrected chi connectivity index (χ4v) is 4.44. The van der Waals surface area contributed by atoms with Crippen LogP contribution < -0.4 is 10.3 Å². The van der Waals surface area contributed by atoms with Crippen molar-refractivity contribution in [1.29, 1.82) is 0 Å². The summed E-state index contributed by atoms with van der Waals surface area (Å²) in [6.45, 7) is 1.77. The van der Waals surface area contributed by atoms with Gasteiger partial charge in [0.05, 0.1) is 29.1 Å². The summed E-state index contributed by atoms with van der Waals surface area (Å²) in [4.78, 5) is 28.8. The molecule has 0 aliphatic heterocycles. The van der Waals surface area contributed by atoms with Crippen molar-refractivity contribution in [1.82, 2.24) is 14.8 Å². The van der Waals surface area contributed by atoms with Crippen molar-refractivity contribution >= 4 is 28.4 Å². The van der Waals surface area contributed by atoms with Crippen LogP contribution >= 0.6 is 11.3 Å². The van der Waals surface area contributed by atoms with Gasteiger partial charge in [-0.2, -0.15) is 4.68 Å². The van der Waals surface area contributed by atoms with Gasteiger partial charge in [-0.25, -0.2) is 4.98 Å². The predicted octanol–water partition coefficient (Wildman–Crippen LogP) is 6.60. The molecule has 0 spiro atoms. The minimum Gasteiger partial charge on any atom is -0.497 e. The van der Waals surface area contributed by atoms with Crippen molar-refractivity contribution in [3.63, 3.8) is 0 Å². The highest BCUT2D eigenvalue weighted by Gasteiger charge is 2.19. The second kappa shape index (κ2) is 9.99. The number of H-pyrrole nitrogens is 1. The number of nitro benzene ring substituents is 1. The fourth-order valence-electron chi connectivity index (χ4n) is 3.65. The molecule has 0 fully saturated rings. The fraction of sp³-hybridized carbons (Fsp3) is 0.0769. The topological polar surface area (TPSA) is 128 Å². The van der Waals surface area contributed by atoms with Gasteiger partial charge in [-0.15, -0.1) is 21.6 Å². The van der Waals surface area contributed by atoms with Crippen LogP contribution in [-0.2, 0) is 0 Å². The van der Waals surface area contributed by atoms with Crippen LogP contribution in [0, 0.1) is 17.0 Å². The molecule has 11 heteroatoms. The van der Waals surface area contributed by atoms with Gasteiger partial charge in [0.15, 0.2) is 5.69 Å². The molecular weight excluding hydrogens is 492 g/mol. The van der Waals surface area contributed by atoms with Gasteiger partial charge in [0.25, 0.3) is 5.69 Å². The number of ether oxygens (including phenoxy) is 1. The van der Waals surface area contributed by atoms with Gasteiger partial charge in [-0.1, -0.05) is 36.4 Å². The summed E-state index contributed by atoms with van der Waals surface area (Å²) < 4.78 is 6.54. The average Bonchev–Trinajstić information content (AvgIpc) is 3.53. The molecule has 2 aromatic heterocycles. The number of aromatic nitrogens is 3. The van der Waals surface area contributed by atoms with Gasteiger partial charge >= 0.3 is 5.56 Å². The standard InChI is InChI=1S/C26H20N6O4S/c1-16-8-11-19(32(34)35)14-21(16)28-29-24-23(18-6-4-3-5-7-18)30-31(25(24)33)26-27-22(15-37-26)17-9-12-20(36-2)13-10-17/h3-15,30H,1-2H3. The van der Waals surface area contributed by atoms with E-state index in [4.69, 9.17) is 4.74 Å². The van der Waals surface area contributed by atoms with Crippen molar-refractivity contribution in [3.05, 3.63) is 104 Å². The summed E-state index contributed by atoms with van der Waals surface area (Å²) in [5, 5.41) is 25.0. The molecule has 5 aromatic rings. The lowest BCUT2D eigenvalue weighted by Crippen LogP contribution is -2.13. The number of non-ortho nitro benzene ring substituents is 1. The zero-order chi connectivity index (χ0) is 25.9. The van der Waals surface area contributed by atoms with E-state index in [1.807, 2.05) is 60.0 Å². The Kier molecular flexibility index (Phi) is 6.43. The lowest BCUT2D eigenvalue weighted by atomic mass is 10.1. The molecule has 0 amide bonds. The van der Waals surface area contributed by atoms with Gasteiger partial charge in [-0.3, -0.25) is 20.0 Å². The van der Waals surface area contributed by atoms with Crippen LogP contribution in [0.3, 0.4) is 0 Å². The number of hydrogen-bond donors (Lipinski definition) is 1. The monoisotopic (exact) mass is 512 g/mol. The Hall–Kier alpha value is -4.90. The van der Waals surface area contributed by atoms with E-state index in [-0.39, 0.29) is 11.4 Å². The van der Waals surface area contributed by atoms with Gasteiger partial charge in [0, 0.05) is 28.6 Å². The molecule has 0 bridgehead atoms. The number of nitrogens with one attached hydrogen (secondary N) is 1. The van der Waals surface area contributed by atoms with Crippen LogP contribution in [0.1, 0.15) is 5.56 Å². The van der Waals surface area contributed by atoms with E-state index < -0.39 is 10.5 Å². The summed E-state index contributed by atoms with van der Waals surface area (Å²) in [7, 11) is 1.60. The molecule has 0 saturated carbocycles. The van der Waals surface area contributed by atoms with E-state index in [2.05, 4.69) is 20.3 Å². The molecule has 0 atom stereocenters. The number of thiazole rings is 1. The number of nitrogens with zero attached hydrogens (tertiary/aromatic N) is 5. The number of hydrogen-bond acceptors (Lipinski definition) is 8. The number of azo groups is 1. The third-order valence-electron chi connectivity index (χ3n) is 5.66. The Bertz CT molecular complexity index is 1670. The van der Waals surface area contributed by atoms with Crippen molar-refractivity contribution in [2.45, 2.75) is 6.92 Å². The summed E-state index contributed by atoms with van der Waals surface area (Å²) >= 11 is 1.30. The first-order chi connectivity index (χ1) is 17.9. The number of benzene rings is 3. The lowest BCUT2D eigenvalue weighted by Gasteiger charge is -2.01. The first-order valence-corrected chi connectivity index (χ1v) is 12.0. The molecule has 2 heterocycles. The van der Waals surface area contributed by atoms with Crippen LogP contribution in [0.4, 0.5) is 17.1 Å². The molecule has 3 aromatic carbocycles. The van der Waals surface area contributed by atoms with Crippen LogP contribution in [0.15, 0.2) is 93.2 Å². The summed E-state index contributed by atoms with van der Waals surface area (Å²) in [6.07, 6.45) is 0. The zero-order valence-electron chi connectivity index (χ0n) is 19.8. The number of aryl methyl sites for hydroxylation is 1. The number of nitro groups is 1. The maximum absolute atomic E-state index is 13.5. The van der Waals surface area contributed by atoms with E-state index in [0.717, 1.165) is 16.9 Å². The number of methoxy groups -OCH3 is 1. The third kappa shape index (κ3) is 4.80. The molecule has 0 unspecified atom stereocenters. The van der Waals surface area contributed by atoms with Crippen molar-refractivity contribution in [2.75, 3.05) is 7.11 Å². The Balaban J connectivity index is 1.58. The SMILES string of the molecule is COc1ccc(-c2csc(-n3[nH]c(-c4ccccc4)c(N=Nc4cc([N+](=O)[O-])ccc4C)c3=O)n2)cc1. The van der Waals surface area contributed by atoms with Crippen molar-refractivity contribution in [2.24, 2.45) is 10.2 Å². The van der Waals surface area contributed by atoms with Gasteiger partial charge in [0.2, 0.25) is 5.13 Å². The number of rotatable bonds is 7. The second-order valence-corrected chi connectivity index (χ2v) is 8.85. The first kappa shape index (κ1) is 23.8. The predicted molar refractivity (Wildman–Crippen MR) is 141 cm³/mol. The van der Waals surface area contributed by atoms with E-state index in [9.17, 15) is 14.9 Å². The van der Waals surface area contributed by atoms with Crippen LogP contribution in [0.25, 0.3) is 27.6 Å². The smallest absolute Gasteiger partial charge is 0.301 e. The Labute approximate surface area is 214 Å². The Morgan fingerprint density at radius 1 is 1.03 bits per heavy atom. The highest BCUT2D eigenvalue weighted by Crippen LogP contribution is 2.31. The maximum atomic E-state index is 13.5. The Morgan fingerprint density at radius 3 is 2.49 bits per heavy atom. The van der Waals surface area contributed by atoms with Crippen LogP contribution in [-0.4, -0.2) is 26.8 Å². The van der Waals surface area contributed by atoms with Gasteiger partial charge < -0.3 is 4.74 Å². The van der Waals surface area contributed by atoms with Crippen molar-refractivity contribution < 1.29 is 9.66 Å². The zero-order valence-corrected chi connectivity index (χ0v) is 20.6. The molecule has 0 aliphatic carbocycles. The van der Waals surface area contributed by atoms with Gasteiger partial charge in [0.1, 0.15) is 5.75 Å². The molecule has 0 radical (unpaired) electrons. The normalized spacial score (nSPS) is 11.2. The lowest BCUT2D eigenvalue weighted by molar-refractivity contribution is -0.384. The second-order valence-electron chi connectivity index (χ2n) is 8.01. The van der Waals surface area contributed by atoms with Crippen LogP contribution in [0.2, 0.25) is 0 Å². The minimum atomic E-state index is -0.500. The molecule has 0 aliphatic rings. The molecular formula is C26H20N6O4S. The first-order valence-electron chi connectivity index (χ1n) is 11.1. The van der Waals surface area contributed by atoms with E-state index in [1.54, 1.807) is 20.1 Å². The molecule has 0 saturated heterocycles. The quantitative estimate of drug-likeness (QED) is 0.149. The van der Waals surface area contributed by atoms with Gasteiger partial charge in [-0.05, 0) is 36.8 Å². The van der Waals surface area contributed by atoms with E-state index in [1.165, 1.54) is 28.2 Å². The molecule has 10 nitrogen and oxygen atoms in total. The largest absolute Gasteiger partial charge is 0.497 e. The average molecular weight is 513 g/mol. The highest BCUT2D eigenvalue weighted by molar-refractivity contribution is 7.12. The highest BCUT2D eigenvalue weighted by atomic mass is 32.1. The van der Waals surface area contributed by atoms with Crippen LogP contribution in [0.5, 0.6) is 5.75 Å². The molecule has 1 N–H and O–H groups in total. The Morgan fingerprint density at radius 2 is 1.78 bits per heavy atom. The van der Waals surface area contributed by atoms with E-state index >= 15 is 0 Å². The summed E-state index contributed by atoms with van der Waals surface area (Å²) in [5.41, 5.74) is 3.29. The molecule has 5 rings (SSSR count). The maximum Gasteiger partial charge on any atom is 0.301 e. The van der Waals surface area contributed by atoms with E-state index in [0.29, 0.717) is 27.8 Å². The summed E-state index contributed by atoms with van der Waals surface area (Å²) in [5.74, 6) is 0.737. The van der Waals surface area contributed by atoms with Crippen molar-refractivity contribution in [3.8, 4) is 33.4 Å². The molecule has 184 valence electrons. The minimum absolute atomic E-state index is 0.0679. The number of aromatic amines is 1. The third-order valence-corrected chi connectivity index (χ3v) is 6.48.